The van der Waals surface area contributed by atoms with Gasteiger partial charge in [0.25, 0.3) is 0 Å². The van der Waals surface area contributed by atoms with Crippen LogP contribution in [0, 0.1) is 20.8 Å². The highest BCUT2D eigenvalue weighted by Gasteiger charge is 2.10. The van der Waals surface area contributed by atoms with Gasteiger partial charge in [-0.15, -0.1) is 11.3 Å². The van der Waals surface area contributed by atoms with Crippen molar-refractivity contribution in [3.05, 3.63) is 42.4 Å². The first kappa shape index (κ1) is 13.4. The van der Waals surface area contributed by atoms with Crippen molar-refractivity contribution in [1.29, 1.82) is 0 Å². The quantitative estimate of drug-likeness (QED) is 0.870. The lowest BCUT2D eigenvalue weighted by Gasteiger charge is -2.11. The molecule has 2 rings (SSSR count). The van der Waals surface area contributed by atoms with Gasteiger partial charge in [0.2, 0.25) is 0 Å². The first-order valence-corrected chi connectivity index (χ1v) is 7.30. The van der Waals surface area contributed by atoms with Gasteiger partial charge >= 0.3 is 5.69 Å². The van der Waals surface area contributed by atoms with E-state index in [-0.39, 0.29) is 5.69 Å². The molecule has 4 nitrogen and oxygen atoms in total. The maximum absolute atomic E-state index is 11.9. The largest absolute Gasteiger partial charge is 0.348 e. The van der Waals surface area contributed by atoms with E-state index in [4.69, 9.17) is 0 Å². The van der Waals surface area contributed by atoms with E-state index in [2.05, 4.69) is 25.9 Å². The van der Waals surface area contributed by atoms with Gasteiger partial charge in [-0.05, 0) is 36.7 Å². The molecule has 0 spiro atoms. The third-order valence-corrected chi connectivity index (χ3v) is 5.08. The second-order valence-electron chi connectivity index (χ2n) is 4.14. The molecule has 0 atom stereocenters. The minimum atomic E-state index is -0.185. The molecule has 0 aliphatic heterocycles. The van der Waals surface area contributed by atoms with E-state index >= 15 is 0 Å². The maximum atomic E-state index is 11.9. The van der Waals surface area contributed by atoms with Crippen molar-refractivity contribution in [2.24, 2.45) is 0 Å². The van der Waals surface area contributed by atoms with E-state index < -0.39 is 0 Å². The van der Waals surface area contributed by atoms with Crippen LogP contribution >= 0.6 is 27.3 Å². The second-order valence-corrected chi connectivity index (χ2v) is 5.87. The van der Waals surface area contributed by atoms with Gasteiger partial charge < -0.3 is 0 Å². The van der Waals surface area contributed by atoms with E-state index in [1.165, 1.54) is 4.88 Å². The summed E-state index contributed by atoms with van der Waals surface area (Å²) in [4.78, 5) is 21.3. The van der Waals surface area contributed by atoms with Crippen molar-refractivity contribution < 1.29 is 0 Å². The normalized spacial score (nSPS) is 10.9. The molecule has 2 heterocycles. The minimum absolute atomic E-state index is 0.185. The molecule has 0 aromatic carbocycles. The molecule has 2 aromatic heterocycles. The first-order valence-electron chi connectivity index (χ1n) is 5.63. The Morgan fingerprint density at radius 1 is 1.33 bits per heavy atom. The molecule has 0 saturated heterocycles. The van der Waals surface area contributed by atoms with Crippen molar-refractivity contribution in [2.45, 2.75) is 33.7 Å². The zero-order valence-electron chi connectivity index (χ0n) is 10.5. The predicted octanol–water partition coefficient (Wildman–Crippen LogP) is 2.63. The van der Waals surface area contributed by atoms with Gasteiger partial charge in [0.05, 0.1) is 21.4 Å². The fraction of sp³-hybridized carbons (Fsp3) is 0.417. The summed E-state index contributed by atoms with van der Waals surface area (Å²) in [7, 11) is 0. The van der Waals surface area contributed by atoms with Gasteiger partial charge in [0, 0.05) is 23.5 Å². The molecule has 0 radical (unpaired) electrons. The highest BCUT2D eigenvalue weighted by Crippen LogP contribution is 2.18. The molecule has 2 aromatic rings. The highest BCUT2D eigenvalue weighted by molar-refractivity contribution is 9.10. The van der Waals surface area contributed by atoms with Crippen LogP contribution in [0.5, 0.6) is 0 Å². The Labute approximate surface area is 118 Å². The average molecular weight is 328 g/mol. The topological polar surface area (TPSA) is 47.8 Å². The van der Waals surface area contributed by atoms with Crippen LogP contribution in [0.15, 0.2) is 14.8 Å². The molecule has 0 bridgehead atoms. The molecule has 0 aliphatic carbocycles. The van der Waals surface area contributed by atoms with Crippen molar-refractivity contribution in [3.63, 3.8) is 0 Å². The van der Waals surface area contributed by atoms with Gasteiger partial charge in [-0.25, -0.2) is 9.78 Å². The Hall–Kier alpha value is -1.01. The zero-order chi connectivity index (χ0) is 13.3. The Balaban J connectivity index is 2.28. The van der Waals surface area contributed by atoms with Gasteiger partial charge in [-0.1, -0.05) is 0 Å². The molecule has 96 valence electrons. The Morgan fingerprint density at radius 3 is 2.67 bits per heavy atom. The Bertz CT molecular complexity index is 633. The summed E-state index contributed by atoms with van der Waals surface area (Å²) in [5, 5.41) is 0. The summed E-state index contributed by atoms with van der Waals surface area (Å²) in [5.41, 5.74) is 4.36. The molecule has 0 saturated carbocycles. The molecule has 0 amide bonds. The Morgan fingerprint density at radius 2 is 2.06 bits per heavy atom. The molecule has 0 fully saturated rings. The fourth-order valence-electron chi connectivity index (χ4n) is 1.82. The average Bonchev–Trinajstić information content (AvgIpc) is 2.72. The maximum Gasteiger partial charge on any atom is 0.348 e. The number of nitrogens with zero attached hydrogens (tertiary/aromatic N) is 3. The van der Waals surface area contributed by atoms with Gasteiger partial charge in [0.1, 0.15) is 0 Å². The third-order valence-electron chi connectivity index (χ3n) is 2.94. The van der Waals surface area contributed by atoms with E-state index in [0.717, 1.165) is 28.0 Å². The lowest BCUT2D eigenvalue weighted by atomic mass is 10.3. The van der Waals surface area contributed by atoms with E-state index in [1.807, 2.05) is 26.3 Å². The summed E-state index contributed by atoms with van der Waals surface area (Å²) < 4.78 is 2.61. The number of hydrogen-bond donors (Lipinski definition) is 0. The minimum Gasteiger partial charge on any atom is -0.295 e. The van der Waals surface area contributed by atoms with Crippen LogP contribution in [0.1, 0.15) is 22.0 Å². The van der Waals surface area contributed by atoms with Crippen molar-refractivity contribution >= 4 is 27.3 Å². The zero-order valence-corrected chi connectivity index (χ0v) is 12.9. The van der Waals surface area contributed by atoms with Crippen LogP contribution in [-0.4, -0.2) is 14.5 Å². The SMILES string of the molecule is Cc1ncsc1CCn1c(C)c(Br)c(C)nc1=O. The van der Waals surface area contributed by atoms with E-state index in [1.54, 1.807) is 15.9 Å². The highest BCUT2D eigenvalue weighted by atomic mass is 79.9. The molecular formula is C12H14BrN3OS. The molecule has 0 unspecified atom stereocenters. The molecular weight excluding hydrogens is 314 g/mol. The smallest absolute Gasteiger partial charge is 0.295 e. The van der Waals surface area contributed by atoms with Crippen molar-refractivity contribution in [2.75, 3.05) is 0 Å². The lowest BCUT2D eigenvalue weighted by molar-refractivity contribution is 0.624. The Kier molecular flexibility index (Phi) is 3.97. The second kappa shape index (κ2) is 5.32. The van der Waals surface area contributed by atoms with Crippen molar-refractivity contribution in [3.8, 4) is 0 Å². The standard InChI is InChI=1S/C12H14BrN3OS/c1-7-10(18-6-14-7)4-5-16-9(3)11(13)8(2)15-12(16)17/h6H,4-5H2,1-3H3. The number of aromatic nitrogens is 3. The molecule has 0 N–H and O–H groups in total. The van der Waals surface area contributed by atoms with Crippen LogP contribution in [0.4, 0.5) is 0 Å². The fourth-order valence-corrected chi connectivity index (χ4v) is 2.89. The van der Waals surface area contributed by atoms with Crippen LogP contribution < -0.4 is 5.69 Å². The van der Waals surface area contributed by atoms with Gasteiger partial charge in [0.15, 0.2) is 0 Å². The van der Waals surface area contributed by atoms with E-state index in [9.17, 15) is 4.79 Å². The third kappa shape index (κ3) is 2.54. The van der Waals surface area contributed by atoms with E-state index in [0.29, 0.717) is 6.54 Å². The number of halogens is 1. The summed E-state index contributed by atoms with van der Waals surface area (Å²) in [6, 6.07) is 0. The summed E-state index contributed by atoms with van der Waals surface area (Å²) >= 11 is 5.09. The predicted molar refractivity (Wildman–Crippen MR) is 76.2 cm³/mol. The monoisotopic (exact) mass is 327 g/mol. The summed E-state index contributed by atoms with van der Waals surface area (Å²) in [5.74, 6) is 0. The van der Waals surface area contributed by atoms with Gasteiger partial charge in [-0.3, -0.25) is 4.57 Å². The molecule has 18 heavy (non-hydrogen) atoms. The summed E-state index contributed by atoms with van der Waals surface area (Å²) in [6.45, 7) is 6.39. The number of rotatable bonds is 3. The van der Waals surface area contributed by atoms with Crippen LogP contribution in [-0.2, 0) is 13.0 Å². The first-order chi connectivity index (χ1) is 8.50. The lowest BCUT2D eigenvalue weighted by Crippen LogP contribution is -2.27. The molecule has 6 heteroatoms. The van der Waals surface area contributed by atoms with Crippen molar-refractivity contribution in [1.82, 2.24) is 14.5 Å². The number of aryl methyl sites for hydroxylation is 3. The van der Waals surface area contributed by atoms with Crippen LogP contribution in [0.25, 0.3) is 0 Å². The van der Waals surface area contributed by atoms with Crippen LogP contribution in [0.3, 0.4) is 0 Å². The number of thiazole rings is 1. The summed E-state index contributed by atoms with van der Waals surface area (Å²) in [6.07, 6.45) is 0.814. The molecule has 0 aliphatic rings. The van der Waals surface area contributed by atoms with Gasteiger partial charge in [-0.2, -0.15) is 4.98 Å². The van der Waals surface area contributed by atoms with Crippen LogP contribution in [0.2, 0.25) is 0 Å². The number of hydrogen-bond acceptors (Lipinski definition) is 4.